The van der Waals surface area contributed by atoms with Crippen LogP contribution >= 0.6 is 0 Å². The SMILES string of the molecule is CCCCCCc1cc(N(C)C)c(O)cc1C(=O)NC(N)=O. The van der Waals surface area contributed by atoms with Gasteiger partial charge in [0.15, 0.2) is 0 Å². The summed E-state index contributed by atoms with van der Waals surface area (Å²) in [5, 5.41) is 12.1. The first-order chi connectivity index (χ1) is 10.4. The van der Waals surface area contributed by atoms with Crippen LogP contribution in [0.2, 0.25) is 0 Å². The Morgan fingerprint density at radius 2 is 1.91 bits per heavy atom. The van der Waals surface area contributed by atoms with Crippen LogP contribution < -0.4 is 16.0 Å². The van der Waals surface area contributed by atoms with E-state index in [0.717, 1.165) is 31.2 Å². The molecule has 6 heteroatoms. The van der Waals surface area contributed by atoms with Gasteiger partial charge in [0.25, 0.3) is 5.91 Å². The molecule has 22 heavy (non-hydrogen) atoms. The summed E-state index contributed by atoms with van der Waals surface area (Å²) in [6.45, 7) is 2.14. The molecule has 0 heterocycles. The van der Waals surface area contributed by atoms with Gasteiger partial charge in [-0.05, 0) is 30.5 Å². The maximum absolute atomic E-state index is 12.1. The van der Waals surface area contributed by atoms with E-state index in [1.54, 1.807) is 11.0 Å². The number of urea groups is 1. The highest BCUT2D eigenvalue weighted by atomic mass is 16.3. The zero-order valence-corrected chi connectivity index (χ0v) is 13.5. The predicted molar refractivity (Wildman–Crippen MR) is 87.3 cm³/mol. The number of primary amides is 1. The highest BCUT2D eigenvalue weighted by molar-refractivity contribution is 6.05. The van der Waals surface area contributed by atoms with Gasteiger partial charge in [0.1, 0.15) is 5.75 Å². The largest absolute Gasteiger partial charge is 0.506 e. The number of benzene rings is 1. The Bertz CT molecular complexity index is 542. The van der Waals surface area contributed by atoms with Crippen molar-refractivity contribution >= 4 is 17.6 Å². The molecule has 0 aliphatic carbocycles. The number of hydrogen-bond donors (Lipinski definition) is 3. The number of rotatable bonds is 7. The molecule has 122 valence electrons. The van der Waals surface area contributed by atoms with Crippen molar-refractivity contribution in [2.75, 3.05) is 19.0 Å². The first-order valence-electron chi connectivity index (χ1n) is 7.50. The maximum atomic E-state index is 12.1. The number of imide groups is 1. The number of nitrogens with zero attached hydrogens (tertiary/aromatic N) is 1. The molecule has 0 atom stereocenters. The molecule has 1 aromatic rings. The second kappa shape index (κ2) is 8.26. The van der Waals surface area contributed by atoms with E-state index in [4.69, 9.17) is 5.73 Å². The number of phenolic OH excluding ortho intramolecular Hbond substituents is 1. The summed E-state index contributed by atoms with van der Waals surface area (Å²) in [6, 6.07) is 2.28. The topological polar surface area (TPSA) is 95.7 Å². The lowest BCUT2D eigenvalue weighted by atomic mass is 9.98. The molecule has 0 aliphatic rings. The molecule has 1 rings (SSSR count). The summed E-state index contributed by atoms with van der Waals surface area (Å²) in [5.41, 5.74) is 6.73. The van der Waals surface area contributed by atoms with Crippen molar-refractivity contribution in [3.63, 3.8) is 0 Å². The first-order valence-corrected chi connectivity index (χ1v) is 7.50. The predicted octanol–water partition coefficient (Wildman–Crippen LogP) is 2.39. The summed E-state index contributed by atoms with van der Waals surface area (Å²) < 4.78 is 0. The van der Waals surface area contributed by atoms with Gasteiger partial charge in [0.05, 0.1) is 5.69 Å². The monoisotopic (exact) mass is 307 g/mol. The minimum atomic E-state index is -0.905. The quantitative estimate of drug-likeness (QED) is 0.674. The van der Waals surface area contributed by atoms with Crippen molar-refractivity contribution < 1.29 is 14.7 Å². The number of aromatic hydroxyl groups is 1. The van der Waals surface area contributed by atoms with Crippen LogP contribution in [0.1, 0.15) is 48.5 Å². The molecule has 1 aromatic carbocycles. The summed E-state index contributed by atoms with van der Waals surface area (Å²) >= 11 is 0. The van der Waals surface area contributed by atoms with Gasteiger partial charge in [0.2, 0.25) is 0 Å². The number of carbonyl (C=O) groups excluding carboxylic acids is 2. The van der Waals surface area contributed by atoms with Gasteiger partial charge in [-0.15, -0.1) is 0 Å². The fourth-order valence-corrected chi connectivity index (χ4v) is 2.32. The Labute approximate surface area is 131 Å². The molecule has 4 N–H and O–H groups in total. The molecule has 0 aliphatic heterocycles. The average Bonchev–Trinajstić information content (AvgIpc) is 2.43. The van der Waals surface area contributed by atoms with Gasteiger partial charge in [-0.2, -0.15) is 0 Å². The number of hydrogen-bond acceptors (Lipinski definition) is 4. The van der Waals surface area contributed by atoms with Crippen LogP contribution in [0.25, 0.3) is 0 Å². The molecule has 0 aromatic heterocycles. The normalized spacial score (nSPS) is 10.3. The third-order valence-electron chi connectivity index (χ3n) is 3.46. The Hall–Kier alpha value is -2.24. The Morgan fingerprint density at radius 3 is 2.45 bits per heavy atom. The average molecular weight is 307 g/mol. The molecule has 0 radical (unpaired) electrons. The number of nitrogens with one attached hydrogen (secondary N) is 1. The Balaban J connectivity index is 3.08. The van der Waals surface area contributed by atoms with Crippen LogP contribution in [0.4, 0.5) is 10.5 Å². The summed E-state index contributed by atoms with van der Waals surface area (Å²) in [7, 11) is 3.64. The fourth-order valence-electron chi connectivity index (χ4n) is 2.32. The van der Waals surface area contributed by atoms with Crippen molar-refractivity contribution in [1.29, 1.82) is 0 Å². The van der Waals surface area contributed by atoms with Crippen molar-refractivity contribution in [1.82, 2.24) is 5.32 Å². The third-order valence-corrected chi connectivity index (χ3v) is 3.46. The van der Waals surface area contributed by atoms with Gasteiger partial charge < -0.3 is 15.7 Å². The number of phenols is 1. The number of amides is 3. The van der Waals surface area contributed by atoms with Gasteiger partial charge in [0, 0.05) is 19.7 Å². The first kappa shape index (κ1) is 17.8. The van der Waals surface area contributed by atoms with Crippen molar-refractivity contribution in [2.24, 2.45) is 5.73 Å². The molecule has 0 unspecified atom stereocenters. The number of carbonyl (C=O) groups is 2. The van der Waals surface area contributed by atoms with Gasteiger partial charge >= 0.3 is 6.03 Å². The van der Waals surface area contributed by atoms with Gasteiger partial charge in [-0.1, -0.05) is 26.2 Å². The van der Waals surface area contributed by atoms with Crippen LogP contribution in [-0.4, -0.2) is 31.1 Å². The van der Waals surface area contributed by atoms with Crippen molar-refractivity contribution in [3.05, 3.63) is 23.3 Å². The molecule has 0 fully saturated rings. The number of anilines is 1. The third kappa shape index (κ3) is 4.95. The van der Waals surface area contributed by atoms with E-state index in [9.17, 15) is 14.7 Å². The second-order valence-electron chi connectivity index (χ2n) is 5.52. The highest BCUT2D eigenvalue weighted by Crippen LogP contribution is 2.30. The lowest BCUT2D eigenvalue weighted by Gasteiger charge is -2.18. The smallest absolute Gasteiger partial charge is 0.319 e. The van der Waals surface area contributed by atoms with Crippen LogP contribution in [-0.2, 0) is 6.42 Å². The highest BCUT2D eigenvalue weighted by Gasteiger charge is 2.17. The van der Waals surface area contributed by atoms with Crippen molar-refractivity contribution in [2.45, 2.75) is 39.0 Å². The lowest BCUT2D eigenvalue weighted by molar-refractivity contribution is 0.0965. The molecular formula is C16H25N3O3. The van der Waals surface area contributed by atoms with Gasteiger partial charge in [-0.25, -0.2) is 4.79 Å². The lowest BCUT2D eigenvalue weighted by Crippen LogP contribution is -2.35. The standard InChI is InChI=1S/C16H25N3O3/c1-4-5-6-7-8-11-9-13(19(2)3)14(20)10-12(11)15(21)18-16(17)22/h9-10,20H,4-8H2,1-3H3,(H3,17,18,21,22). The molecule has 6 nitrogen and oxygen atoms in total. The minimum Gasteiger partial charge on any atom is -0.506 e. The van der Waals surface area contributed by atoms with Crippen LogP contribution in [0.3, 0.4) is 0 Å². The molecule has 0 bridgehead atoms. The van der Waals surface area contributed by atoms with E-state index >= 15 is 0 Å². The molecule has 0 saturated heterocycles. The van der Waals surface area contributed by atoms with E-state index in [1.807, 2.05) is 14.1 Å². The molecular weight excluding hydrogens is 282 g/mol. The van der Waals surface area contributed by atoms with Crippen molar-refractivity contribution in [3.8, 4) is 5.75 Å². The van der Waals surface area contributed by atoms with Gasteiger partial charge in [-0.3, -0.25) is 10.1 Å². The number of nitrogens with two attached hydrogens (primary N) is 1. The number of aryl methyl sites for hydroxylation is 1. The van der Waals surface area contributed by atoms with Crippen LogP contribution in [0.5, 0.6) is 5.75 Å². The van der Waals surface area contributed by atoms with E-state index in [1.165, 1.54) is 6.07 Å². The zero-order valence-electron chi connectivity index (χ0n) is 13.5. The van der Waals surface area contributed by atoms with Crippen LogP contribution in [0, 0.1) is 0 Å². The second-order valence-corrected chi connectivity index (χ2v) is 5.52. The zero-order chi connectivity index (χ0) is 16.7. The minimum absolute atomic E-state index is 0.00284. The summed E-state index contributed by atoms with van der Waals surface area (Å²) in [4.78, 5) is 24.7. The summed E-state index contributed by atoms with van der Waals surface area (Å²) in [6.07, 6.45) is 5.01. The summed E-state index contributed by atoms with van der Waals surface area (Å²) in [5.74, 6) is -0.587. The van der Waals surface area contributed by atoms with E-state index in [-0.39, 0.29) is 5.75 Å². The Morgan fingerprint density at radius 1 is 1.23 bits per heavy atom. The maximum Gasteiger partial charge on any atom is 0.319 e. The van der Waals surface area contributed by atoms with E-state index in [0.29, 0.717) is 17.7 Å². The molecule has 0 spiro atoms. The number of unbranched alkanes of at least 4 members (excludes halogenated alkanes) is 3. The van der Waals surface area contributed by atoms with E-state index < -0.39 is 11.9 Å². The fraction of sp³-hybridized carbons (Fsp3) is 0.500. The Kier molecular flexibility index (Phi) is 6.69. The van der Waals surface area contributed by atoms with Crippen LogP contribution in [0.15, 0.2) is 12.1 Å². The molecule has 3 amide bonds. The molecule has 0 saturated carbocycles. The van der Waals surface area contributed by atoms with E-state index in [2.05, 4.69) is 12.2 Å².